The third-order valence-corrected chi connectivity index (χ3v) is 15.8. The van der Waals surface area contributed by atoms with Crippen LogP contribution in [0.4, 0.5) is 0 Å². The van der Waals surface area contributed by atoms with Crippen LogP contribution >= 0.6 is 0 Å². The number of ether oxygens (including phenoxy) is 5. The standard InChI is InChI=1S/C38H60O11/c1-19-16-22(29(47-20(2)39)33(5,6)45-9)49-38(44)28(19)34(7)14-15-37-18-36(37)13-12-25(48-30-27(42)26(41)21(40)17-46-30)32(3,4)23(36)10-11-24(37)35(34,8)31(38)43/h11,19,21-23,25-31,40-44H,10,12-18H2,1-9H3/t19-,21-,22-,23?,25+,26+,27-,28-,29+,30+,31-,34-,35-,36-,37+,38-/m1/s1. The Bertz CT molecular complexity index is 1380. The molecule has 6 fully saturated rings. The van der Waals surface area contributed by atoms with Gasteiger partial charge in [0, 0.05) is 25.4 Å². The van der Waals surface area contributed by atoms with E-state index < -0.39 is 71.1 Å². The van der Waals surface area contributed by atoms with Crippen LogP contribution in [0.1, 0.15) is 100 Å². The molecule has 11 heteroatoms. The van der Waals surface area contributed by atoms with Gasteiger partial charge in [0.25, 0.3) is 0 Å². The summed E-state index contributed by atoms with van der Waals surface area (Å²) in [5.41, 5.74) is -1.15. The Morgan fingerprint density at radius 2 is 1.76 bits per heavy atom. The molecule has 0 bridgehead atoms. The summed E-state index contributed by atoms with van der Waals surface area (Å²) in [6.07, 6.45) is 0.594. The largest absolute Gasteiger partial charge is 0.457 e. The van der Waals surface area contributed by atoms with Gasteiger partial charge in [0.05, 0.1) is 12.7 Å². The quantitative estimate of drug-likeness (QED) is 0.205. The first-order valence-electron chi connectivity index (χ1n) is 18.5. The summed E-state index contributed by atoms with van der Waals surface area (Å²) in [5, 5.41) is 56.1. The molecular weight excluding hydrogens is 632 g/mol. The predicted molar refractivity (Wildman–Crippen MR) is 177 cm³/mol. The average Bonchev–Trinajstić information content (AvgIpc) is 3.67. The van der Waals surface area contributed by atoms with Crippen molar-refractivity contribution in [1.29, 1.82) is 0 Å². The lowest BCUT2D eigenvalue weighted by molar-refractivity contribution is -0.342. The molecule has 7 rings (SSSR count). The fraction of sp³-hybridized carbons (Fsp3) is 0.921. The zero-order valence-electron chi connectivity index (χ0n) is 30.8. The summed E-state index contributed by atoms with van der Waals surface area (Å²) in [6.45, 7) is 16.0. The molecule has 278 valence electrons. The van der Waals surface area contributed by atoms with Gasteiger partial charge in [-0.3, -0.25) is 4.79 Å². The summed E-state index contributed by atoms with van der Waals surface area (Å²) < 4.78 is 30.3. The van der Waals surface area contributed by atoms with Crippen molar-refractivity contribution in [3.63, 3.8) is 0 Å². The zero-order valence-corrected chi connectivity index (χ0v) is 30.8. The average molecular weight is 693 g/mol. The molecule has 0 aromatic carbocycles. The molecule has 0 radical (unpaired) electrons. The van der Waals surface area contributed by atoms with Crippen LogP contribution in [0, 0.1) is 44.8 Å². The van der Waals surface area contributed by atoms with Gasteiger partial charge in [0.2, 0.25) is 0 Å². The summed E-state index contributed by atoms with van der Waals surface area (Å²) in [5.74, 6) is -2.37. The molecule has 49 heavy (non-hydrogen) atoms. The van der Waals surface area contributed by atoms with Crippen LogP contribution in [0.3, 0.4) is 0 Å². The molecule has 0 amide bonds. The minimum absolute atomic E-state index is 0.0283. The van der Waals surface area contributed by atoms with Gasteiger partial charge in [0.1, 0.15) is 36.1 Å². The van der Waals surface area contributed by atoms with Crippen molar-refractivity contribution in [1.82, 2.24) is 0 Å². The summed E-state index contributed by atoms with van der Waals surface area (Å²) in [7, 11) is 1.57. The fourth-order valence-electron chi connectivity index (χ4n) is 13.1. The number of esters is 1. The second-order valence-corrected chi connectivity index (χ2v) is 18.5. The highest BCUT2D eigenvalue weighted by Crippen LogP contribution is 2.88. The molecule has 0 aromatic heterocycles. The minimum Gasteiger partial charge on any atom is -0.457 e. The van der Waals surface area contributed by atoms with E-state index in [1.54, 1.807) is 7.11 Å². The summed E-state index contributed by atoms with van der Waals surface area (Å²) in [4.78, 5) is 12.2. The SMILES string of the molecule is COC(C)(C)[C@@H](OC(C)=O)[C@H]1C[C@@H](C)[C@H]2[C@@](O)(O1)[C@H](O)[C@@]1(C)C3=CCC4C(C)(C)[C@@H](O[C@@H]5OC[C@@H](O)[C@H](O)[C@H]5O)CC[C@@]45C[C@@]35CC[C@]21C. The van der Waals surface area contributed by atoms with Crippen molar-refractivity contribution < 1.29 is 54.0 Å². The van der Waals surface area contributed by atoms with Crippen LogP contribution < -0.4 is 0 Å². The normalized spacial score (nSPS) is 53.6. The molecule has 2 heterocycles. The molecule has 0 aromatic rings. The van der Waals surface area contributed by atoms with Gasteiger partial charge in [-0.05, 0) is 92.3 Å². The van der Waals surface area contributed by atoms with Crippen LogP contribution in [0.5, 0.6) is 0 Å². The third kappa shape index (κ3) is 4.55. The van der Waals surface area contributed by atoms with Crippen LogP contribution in [0.25, 0.3) is 0 Å². The first-order chi connectivity index (χ1) is 22.7. The Kier molecular flexibility index (Phi) is 8.27. The van der Waals surface area contributed by atoms with E-state index in [-0.39, 0.29) is 46.7 Å². The van der Waals surface area contributed by atoms with E-state index in [1.807, 2.05) is 13.8 Å². The van der Waals surface area contributed by atoms with Gasteiger partial charge < -0.3 is 49.2 Å². The van der Waals surface area contributed by atoms with Gasteiger partial charge >= 0.3 is 5.97 Å². The molecule has 7 aliphatic rings. The number of hydrogen-bond acceptors (Lipinski definition) is 11. The molecule has 11 nitrogen and oxygen atoms in total. The van der Waals surface area contributed by atoms with Gasteiger partial charge in [-0.1, -0.05) is 46.3 Å². The molecule has 2 saturated heterocycles. The number of carbonyl (C=O) groups excluding carboxylic acids is 1. The van der Waals surface area contributed by atoms with Gasteiger partial charge in [-0.25, -0.2) is 0 Å². The van der Waals surface area contributed by atoms with Crippen molar-refractivity contribution in [3.8, 4) is 0 Å². The van der Waals surface area contributed by atoms with Gasteiger partial charge in [0.15, 0.2) is 18.2 Å². The second-order valence-electron chi connectivity index (χ2n) is 18.5. The Hall–Kier alpha value is -1.15. The first kappa shape index (κ1) is 36.2. The molecule has 5 N–H and O–H groups in total. The summed E-state index contributed by atoms with van der Waals surface area (Å²) in [6, 6.07) is 0. The molecular formula is C38H60O11. The molecule has 2 aliphatic heterocycles. The van der Waals surface area contributed by atoms with E-state index in [4.69, 9.17) is 23.7 Å². The van der Waals surface area contributed by atoms with Gasteiger partial charge in [-0.15, -0.1) is 0 Å². The molecule has 5 aliphatic carbocycles. The van der Waals surface area contributed by atoms with Crippen LogP contribution in [-0.4, -0.2) is 106 Å². The van der Waals surface area contributed by atoms with E-state index in [1.165, 1.54) is 12.5 Å². The van der Waals surface area contributed by atoms with Crippen molar-refractivity contribution in [2.24, 2.45) is 44.8 Å². The van der Waals surface area contributed by atoms with Crippen molar-refractivity contribution in [3.05, 3.63) is 11.6 Å². The Morgan fingerprint density at radius 3 is 2.41 bits per heavy atom. The van der Waals surface area contributed by atoms with E-state index in [2.05, 4.69) is 40.7 Å². The van der Waals surface area contributed by atoms with E-state index in [0.717, 1.165) is 38.5 Å². The number of methoxy groups -OCH3 is 1. The highest BCUT2D eigenvalue weighted by atomic mass is 16.7. The third-order valence-electron chi connectivity index (χ3n) is 15.8. The van der Waals surface area contributed by atoms with E-state index in [0.29, 0.717) is 6.42 Å². The highest BCUT2D eigenvalue weighted by molar-refractivity contribution is 5.66. The number of fused-ring (bicyclic) bond motifs is 4. The predicted octanol–water partition coefficient (Wildman–Crippen LogP) is 3.22. The molecule has 16 atom stereocenters. The van der Waals surface area contributed by atoms with E-state index >= 15 is 0 Å². The van der Waals surface area contributed by atoms with Crippen molar-refractivity contribution in [2.45, 2.75) is 161 Å². The van der Waals surface area contributed by atoms with Crippen molar-refractivity contribution >= 4 is 5.97 Å². The maximum atomic E-state index is 12.7. The van der Waals surface area contributed by atoms with Crippen LogP contribution in [-0.2, 0) is 28.5 Å². The molecule has 4 saturated carbocycles. The lowest BCUT2D eigenvalue weighted by atomic mass is 9.44. The minimum atomic E-state index is -1.84. The Labute approximate surface area is 290 Å². The van der Waals surface area contributed by atoms with Gasteiger partial charge in [-0.2, -0.15) is 0 Å². The van der Waals surface area contributed by atoms with E-state index in [9.17, 15) is 30.3 Å². The summed E-state index contributed by atoms with van der Waals surface area (Å²) >= 11 is 0. The number of rotatable bonds is 6. The number of carbonyl (C=O) groups is 1. The smallest absolute Gasteiger partial charge is 0.303 e. The first-order valence-corrected chi connectivity index (χ1v) is 18.5. The maximum absolute atomic E-state index is 12.7. The van der Waals surface area contributed by atoms with Crippen LogP contribution in [0.2, 0.25) is 0 Å². The maximum Gasteiger partial charge on any atom is 0.303 e. The molecule has 1 unspecified atom stereocenters. The number of aliphatic hydroxyl groups is 5. The Balaban J connectivity index is 1.20. The van der Waals surface area contributed by atoms with Crippen molar-refractivity contribution in [2.75, 3.05) is 13.7 Å². The Morgan fingerprint density at radius 1 is 1.06 bits per heavy atom. The topological polar surface area (TPSA) is 164 Å². The number of allylic oxidation sites excluding steroid dienone is 1. The lowest BCUT2D eigenvalue weighted by Crippen LogP contribution is -2.61. The van der Waals surface area contributed by atoms with Crippen LogP contribution in [0.15, 0.2) is 11.6 Å². The second kappa shape index (κ2) is 11.2. The zero-order chi connectivity index (χ0) is 35.9. The molecule has 2 spiro atoms. The highest BCUT2D eigenvalue weighted by Gasteiger charge is 2.85. The lowest BCUT2D eigenvalue weighted by Gasteiger charge is -2.60. The monoisotopic (exact) mass is 692 g/mol. The number of aliphatic hydroxyl groups excluding tert-OH is 4. The number of hydrogen-bond donors (Lipinski definition) is 5. The fourth-order valence-corrected chi connectivity index (χ4v) is 13.1.